The van der Waals surface area contributed by atoms with Crippen molar-refractivity contribution in [3.63, 3.8) is 0 Å². The molecule has 0 spiro atoms. The van der Waals surface area contributed by atoms with Crippen molar-refractivity contribution in [2.45, 2.75) is 57.5 Å². The van der Waals surface area contributed by atoms with Gasteiger partial charge < -0.3 is 9.47 Å². The van der Waals surface area contributed by atoms with Gasteiger partial charge in [-0.3, -0.25) is 4.79 Å². The van der Waals surface area contributed by atoms with E-state index in [0.717, 1.165) is 56.1 Å². The largest absolute Gasteiger partial charge is 0.339 e. The van der Waals surface area contributed by atoms with Gasteiger partial charge in [0.05, 0.1) is 6.42 Å². The number of rotatable bonds is 7. The van der Waals surface area contributed by atoms with Crippen LogP contribution in [0.5, 0.6) is 0 Å². The van der Waals surface area contributed by atoms with Crippen LogP contribution in [0.4, 0.5) is 4.39 Å². The van der Waals surface area contributed by atoms with Crippen molar-refractivity contribution < 1.29 is 9.18 Å². The van der Waals surface area contributed by atoms with Crippen LogP contribution in [0.1, 0.15) is 43.5 Å². The average Bonchev–Trinajstić information content (AvgIpc) is 3.14. The molecule has 2 fully saturated rings. The van der Waals surface area contributed by atoms with Gasteiger partial charge in [0.2, 0.25) is 5.91 Å². The first kappa shape index (κ1) is 17.2. The summed E-state index contributed by atoms with van der Waals surface area (Å²) in [4.78, 5) is 14.7. The zero-order valence-corrected chi connectivity index (χ0v) is 15.0. The molecule has 4 rings (SSSR count). The molecule has 2 heterocycles. The van der Waals surface area contributed by atoms with E-state index in [2.05, 4.69) is 14.8 Å². The first-order valence-electron chi connectivity index (χ1n) is 9.59. The maximum Gasteiger partial charge on any atom is 0.227 e. The van der Waals surface area contributed by atoms with Crippen LogP contribution in [-0.4, -0.2) is 38.2 Å². The lowest BCUT2D eigenvalue weighted by Gasteiger charge is -2.25. The molecule has 0 radical (unpaired) electrons. The number of carbonyl (C=O) groups excluding carboxylic acids is 1. The van der Waals surface area contributed by atoms with Gasteiger partial charge in [0.25, 0.3) is 0 Å². The van der Waals surface area contributed by atoms with E-state index in [0.29, 0.717) is 6.42 Å². The number of aromatic nitrogens is 3. The molecule has 6 heteroatoms. The Morgan fingerprint density at radius 2 is 2.00 bits per heavy atom. The molecule has 1 aliphatic heterocycles. The van der Waals surface area contributed by atoms with Crippen LogP contribution < -0.4 is 0 Å². The summed E-state index contributed by atoms with van der Waals surface area (Å²) in [7, 11) is 0. The predicted octanol–water partition coefficient (Wildman–Crippen LogP) is 2.99. The predicted molar refractivity (Wildman–Crippen MR) is 95.9 cm³/mol. The highest BCUT2D eigenvalue weighted by atomic mass is 19.1. The van der Waals surface area contributed by atoms with Crippen molar-refractivity contribution in [2.24, 2.45) is 5.92 Å². The van der Waals surface area contributed by atoms with Crippen molar-refractivity contribution in [3.05, 3.63) is 47.8 Å². The van der Waals surface area contributed by atoms with Crippen molar-refractivity contribution >= 4 is 5.91 Å². The molecule has 1 atom stereocenters. The summed E-state index contributed by atoms with van der Waals surface area (Å²) in [6.45, 7) is 1.85. The lowest BCUT2D eigenvalue weighted by Crippen LogP contribution is -2.37. The quantitative estimate of drug-likeness (QED) is 0.766. The van der Waals surface area contributed by atoms with Gasteiger partial charge in [-0.2, -0.15) is 0 Å². The molecule has 2 aliphatic rings. The molecule has 1 aromatic heterocycles. The topological polar surface area (TPSA) is 51.0 Å². The molecule has 2 aromatic rings. The molecule has 5 nitrogen and oxygen atoms in total. The summed E-state index contributed by atoms with van der Waals surface area (Å²) in [5.41, 5.74) is 0.867. The van der Waals surface area contributed by atoms with E-state index in [1.54, 1.807) is 12.1 Å². The summed E-state index contributed by atoms with van der Waals surface area (Å²) < 4.78 is 15.2. The second kappa shape index (κ2) is 7.56. The molecule has 138 valence electrons. The molecule has 26 heavy (non-hydrogen) atoms. The Kier molecular flexibility index (Phi) is 5.00. The van der Waals surface area contributed by atoms with Crippen LogP contribution in [-0.2, 0) is 24.2 Å². The number of hydrogen-bond donors (Lipinski definition) is 0. The van der Waals surface area contributed by atoms with Gasteiger partial charge in [-0.25, -0.2) is 4.39 Å². The fourth-order valence-corrected chi connectivity index (χ4v) is 3.84. The number of likely N-dealkylation sites (tertiary alicyclic amines) is 1. The molecule has 1 amide bonds. The van der Waals surface area contributed by atoms with E-state index in [9.17, 15) is 9.18 Å². The second-order valence-electron chi connectivity index (χ2n) is 7.57. The van der Waals surface area contributed by atoms with E-state index in [4.69, 9.17) is 0 Å². The number of carbonyl (C=O) groups is 1. The maximum atomic E-state index is 13.0. The minimum Gasteiger partial charge on any atom is -0.339 e. The van der Waals surface area contributed by atoms with E-state index in [1.807, 2.05) is 11.2 Å². The van der Waals surface area contributed by atoms with Crippen LogP contribution >= 0.6 is 0 Å². The Balaban J connectivity index is 1.33. The van der Waals surface area contributed by atoms with E-state index < -0.39 is 0 Å². The van der Waals surface area contributed by atoms with Gasteiger partial charge in [0.15, 0.2) is 0 Å². The molecule has 1 saturated heterocycles. The molecule has 1 unspecified atom stereocenters. The zero-order chi connectivity index (χ0) is 17.9. The lowest BCUT2D eigenvalue weighted by atomic mass is 10.1. The summed E-state index contributed by atoms with van der Waals surface area (Å²) in [6.07, 6.45) is 8.68. The van der Waals surface area contributed by atoms with Crippen molar-refractivity contribution in [1.29, 1.82) is 0 Å². The van der Waals surface area contributed by atoms with Crippen LogP contribution in [0, 0.1) is 11.7 Å². The summed E-state index contributed by atoms with van der Waals surface area (Å²) in [6, 6.07) is 6.49. The van der Waals surface area contributed by atoms with E-state index in [-0.39, 0.29) is 17.8 Å². The summed E-state index contributed by atoms with van der Waals surface area (Å²) in [5.74, 6) is 1.70. The minimum atomic E-state index is -0.268. The third kappa shape index (κ3) is 4.11. The zero-order valence-electron chi connectivity index (χ0n) is 15.0. The van der Waals surface area contributed by atoms with Crippen LogP contribution in [0.2, 0.25) is 0 Å². The summed E-state index contributed by atoms with van der Waals surface area (Å²) in [5, 5.41) is 8.34. The Bertz CT molecular complexity index is 753. The number of hydrogen-bond acceptors (Lipinski definition) is 3. The number of amides is 1. The molecular formula is C20H25FN4O. The Morgan fingerprint density at radius 3 is 2.77 bits per heavy atom. The van der Waals surface area contributed by atoms with Crippen molar-refractivity contribution in [2.75, 3.05) is 6.54 Å². The van der Waals surface area contributed by atoms with Crippen LogP contribution in [0.25, 0.3) is 0 Å². The monoisotopic (exact) mass is 356 g/mol. The highest BCUT2D eigenvalue weighted by molar-refractivity contribution is 5.79. The summed E-state index contributed by atoms with van der Waals surface area (Å²) >= 11 is 0. The van der Waals surface area contributed by atoms with Gasteiger partial charge in [-0.05, 0) is 55.7 Å². The van der Waals surface area contributed by atoms with Gasteiger partial charge in [0, 0.05) is 25.6 Å². The number of benzene rings is 1. The number of aryl methyl sites for hydroxylation is 1. The van der Waals surface area contributed by atoms with Gasteiger partial charge in [-0.15, -0.1) is 10.2 Å². The van der Waals surface area contributed by atoms with Gasteiger partial charge in [-0.1, -0.05) is 12.1 Å². The molecule has 1 aliphatic carbocycles. The normalized spacial score (nSPS) is 19.9. The fraction of sp³-hybridized carbons (Fsp3) is 0.550. The van der Waals surface area contributed by atoms with Crippen LogP contribution in [0.15, 0.2) is 30.6 Å². The van der Waals surface area contributed by atoms with Crippen LogP contribution in [0.3, 0.4) is 0 Å². The average molecular weight is 356 g/mol. The van der Waals surface area contributed by atoms with Crippen molar-refractivity contribution in [3.8, 4) is 0 Å². The maximum absolute atomic E-state index is 13.0. The lowest BCUT2D eigenvalue weighted by molar-refractivity contribution is -0.131. The third-order valence-corrected chi connectivity index (χ3v) is 5.51. The highest BCUT2D eigenvalue weighted by Gasteiger charge is 2.29. The molecule has 0 N–H and O–H groups in total. The first-order chi connectivity index (χ1) is 12.7. The number of halogens is 1. The molecular weight excluding hydrogens is 331 g/mol. The Labute approximate surface area is 153 Å². The van der Waals surface area contributed by atoms with E-state index >= 15 is 0 Å². The Hall–Kier alpha value is -2.24. The van der Waals surface area contributed by atoms with E-state index in [1.165, 1.54) is 25.0 Å². The molecule has 1 aromatic carbocycles. The smallest absolute Gasteiger partial charge is 0.227 e. The highest BCUT2D eigenvalue weighted by Crippen LogP contribution is 2.31. The molecule has 1 saturated carbocycles. The minimum absolute atomic E-state index is 0.138. The molecule has 0 bridgehead atoms. The van der Waals surface area contributed by atoms with Crippen molar-refractivity contribution in [1.82, 2.24) is 19.7 Å². The first-order valence-corrected chi connectivity index (χ1v) is 9.59. The Morgan fingerprint density at radius 1 is 1.19 bits per heavy atom. The van der Waals surface area contributed by atoms with Gasteiger partial charge in [0.1, 0.15) is 18.0 Å². The SMILES string of the molecule is O=C(Cc1ccc(F)cc1)N1CCCC1CCc1nncn1CC1CC1. The van der Waals surface area contributed by atoms with Gasteiger partial charge >= 0.3 is 0 Å². The standard InChI is InChI=1S/C20H25FN4O/c21-17-7-5-15(6-8-17)12-20(26)25-11-1-2-18(25)9-10-19-23-22-14-24(19)13-16-3-4-16/h5-8,14,16,18H,1-4,9-13H2. The second-order valence-corrected chi connectivity index (χ2v) is 7.57. The third-order valence-electron chi connectivity index (χ3n) is 5.51. The fourth-order valence-electron chi connectivity index (χ4n) is 3.84. The number of nitrogens with zero attached hydrogens (tertiary/aromatic N) is 4.